The van der Waals surface area contributed by atoms with Gasteiger partial charge in [-0.15, -0.1) is 0 Å². The lowest BCUT2D eigenvalue weighted by Gasteiger charge is -2.29. The van der Waals surface area contributed by atoms with E-state index >= 15 is 0 Å². The molecule has 1 aliphatic heterocycles. The van der Waals surface area contributed by atoms with Crippen molar-refractivity contribution in [2.45, 2.75) is 20.0 Å². The molecule has 2 heterocycles. The van der Waals surface area contributed by atoms with Gasteiger partial charge in [-0.1, -0.05) is 30.3 Å². The molecule has 1 aromatic heterocycles. The van der Waals surface area contributed by atoms with E-state index in [1.807, 2.05) is 12.3 Å². The third-order valence-corrected chi connectivity index (χ3v) is 3.41. The van der Waals surface area contributed by atoms with Crippen molar-refractivity contribution in [1.82, 2.24) is 9.88 Å². The molecule has 0 fully saturated rings. The van der Waals surface area contributed by atoms with Crippen LogP contribution in [0.2, 0.25) is 0 Å². The van der Waals surface area contributed by atoms with Crippen molar-refractivity contribution < 1.29 is 0 Å². The van der Waals surface area contributed by atoms with Gasteiger partial charge >= 0.3 is 0 Å². The lowest BCUT2D eigenvalue weighted by Crippen LogP contribution is -2.33. The Labute approximate surface area is 107 Å². The summed E-state index contributed by atoms with van der Waals surface area (Å²) in [7, 11) is 0. The third-order valence-electron chi connectivity index (χ3n) is 3.41. The molecule has 0 atom stereocenters. The van der Waals surface area contributed by atoms with Crippen molar-refractivity contribution in [3.63, 3.8) is 0 Å². The zero-order valence-corrected chi connectivity index (χ0v) is 10.6. The van der Waals surface area contributed by atoms with Gasteiger partial charge in [0.25, 0.3) is 0 Å². The number of hydrogen-bond acceptors (Lipinski definition) is 3. The highest BCUT2D eigenvalue weighted by molar-refractivity contribution is 5.45. The zero-order valence-electron chi connectivity index (χ0n) is 10.6. The number of hydrogen-bond donors (Lipinski definition) is 1. The lowest BCUT2D eigenvalue weighted by molar-refractivity contribution is 0.265. The standard InChI is InChI=1S/C15H17N3/c1-12-5-2-3-6-13(12)9-18-10-14-7-4-8-16-15(14)17-11-18/h2-8H,9-11H2,1H3,(H,16,17). The quantitative estimate of drug-likeness (QED) is 0.873. The number of anilines is 1. The summed E-state index contributed by atoms with van der Waals surface area (Å²) in [6.07, 6.45) is 1.84. The predicted octanol–water partition coefficient (Wildman–Crippen LogP) is 2.78. The minimum Gasteiger partial charge on any atom is -0.357 e. The molecule has 1 N–H and O–H groups in total. The highest BCUT2D eigenvalue weighted by atomic mass is 15.3. The van der Waals surface area contributed by atoms with E-state index in [2.05, 4.69) is 52.5 Å². The molecular formula is C15H17N3. The van der Waals surface area contributed by atoms with E-state index in [0.717, 1.165) is 25.6 Å². The fraction of sp³-hybridized carbons (Fsp3) is 0.267. The molecule has 3 nitrogen and oxygen atoms in total. The molecule has 18 heavy (non-hydrogen) atoms. The summed E-state index contributed by atoms with van der Waals surface area (Å²) in [6.45, 7) is 4.97. The molecule has 0 bridgehead atoms. The molecule has 1 aliphatic rings. The van der Waals surface area contributed by atoms with Gasteiger partial charge in [-0.05, 0) is 24.1 Å². The summed E-state index contributed by atoms with van der Waals surface area (Å²) >= 11 is 0. The average Bonchev–Trinajstić information content (AvgIpc) is 2.41. The maximum Gasteiger partial charge on any atom is 0.131 e. The molecule has 92 valence electrons. The molecule has 0 saturated carbocycles. The van der Waals surface area contributed by atoms with Gasteiger partial charge in [-0.2, -0.15) is 0 Å². The smallest absolute Gasteiger partial charge is 0.131 e. The Morgan fingerprint density at radius 1 is 1.22 bits per heavy atom. The van der Waals surface area contributed by atoms with E-state index in [4.69, 9.17) is 0 Å². The Morgan fingerprint density at radius 3 is 3.00 bits per heavy atom. The molecule has 0 unspecified atom stereocenters. The van der Waals surface area contributed by atoms with Crippen molar-refractivity contribution in [3.05, 3.63) is 59.3 Å². The number of nitrogens with one attached hydrogen (secondary N) is 1. The van der Waals surface area contributed by atoms with Crippen LogP contribution in [-0.2, 0) is 13.1 Å². The summed E-state index contributed by atoms with van der Waals surface area (Å²) in [5.41, 5.74) is 4.03. The van der Waals surface area contributed by atoms with Crippen molar-refractivity contribution in [2.75, 3.05) is 12.0 Å². The average molecular weight is 239 g/mol. The van der Waals surface area contributed by atoms with E-state index in [9.17, 15) is 0 Å². The maximum atomic E-state index is 4.34. The Balaban J connectivity index is 1.75. The maximum absolute atomic E-state index is 4.34. The van der Waals surface area contributed by atoms with Crippen LogP contribution >= 0.6 is 0 Å². The van der Waals surface area contributed by atoms with Gasteiger partial charge in [-0.25, -0.2) is 4.98 Å². The SMILES string of the molecule is Cc1ccccc1CN1CNc2ncccc2C1. The van der Waals surface area contributed by atoms with Crippen molar-refractivity contribution >= 4 is 5.82 Å². The zero-order chi connectivity index (χ0) is 12.4. The third kappa shape index (κ3) is 2.22. The second-order valence-electron chi connectivity index (χ2n) is 4.76. The van der Waals surface area contributed by atoms with E-state index in [-0.39, 0.29) is 0 Å². The van der Waals surface area contributed by atoms with Gasteiger partial charge in [0.1, 0.15) is 5.82 Å². The molecule has 0 aliphatic carbocycles. The summed E-state index contributed by atoms with van der Waals surface area (Å²) < 4.78 is 0. The van der Waals surface area contributed by atoms with E-state index in [0.29, 0.717) is 0 Å². The van der Waals surface area contributed by atoms with Gasteiger partial charge < -0.3 is 5.32 Å². The molecule has 0 spiro atoms. The first kappa shape index (κ1) is 11.2. The van der Waals surface area contributed by atoms with E-state index in [1.165, 1.54) is 16.7 Å². The second kappa shape index (κ2) is 4.78. The van der Waals surface area contributed by atoms with Crippen LogP contribution in [0, 0.1) is 6.92 Å². The van der Waals surface area contributed by atoms with Gasteiger partial charge in [0.2, 0.25) is 0 Å². The monoisotopic (exact) mass is 239 g/mol. The molecule has 0 amide bonds. The number of aromatic nitrogens is 1. The van der Waals surface area contributed by atoms with Crippen molar-refractivity contribution in [2.24, 2.45) is 0 Å². The van der Waals surface area contributed by atoms with Crippen LogP contribution in [0.25, 0.3) is 0 Å². The number of aryl methyl sites for hydroxylation is 1. The largest absolute Gasteiger partial charge is 0.357 e. The van der Waals surface area contributed by atoms with Gasteiger partial charge in [-0.3, -0.25) is 4.90 Å². The molecular weight excluding hydrogens is 222 g/mol. The number of benzene rings is 1. The van der Waals surface area contributed by atoms with Crippen LogP contribution in [0.15, 0.2) is 42.6 Å². The minimum atomic E-state index is 0.859. The predicted molar refractivity (Wildman–Crippen MR) is 73.2 cm³/mol. The molecule has 0 radical (unpaired) electrons. The van der Waals surface area contributed by atoms with Crippen LogP contribution < -0.4 is 5.32 Å². The molecule has 2 aromatic rings. The summed E-state index contributed by atoms with van der Waals surface area (Å²) in [5, 5.41) is 3.37. The summed E-state index contributed by atoms with van der Waals surface area (Å²) in [5.74, 6) is 1.03. The van der Waals surface area contributed by atoms with Crippen LogP contribution in [-0.4, -0.2) is 16.6 Å². The number of rotatable bonds is 2. The molecule has 0 saturated heterocycles. The van der Waals surface area contributed by atoms with Crippen molar-refractivity contribution in [3.8, 4) is 0 Å². The second-order valence-corrected chi connectivity index (χ2v) is 4.76. The molecule has 1 aromatic carbocycles. The van der Waals surface area contributed by atoms with E-state index < -0.39 is 0 Å². The number of fused-ring (bicyclic) bond motifs is 1. The highest BCUT2D eigenvalue weighted by Crippen LogP contribution is 2.21. The fourth-order valence-corrected chi connectivity index (χ4v) is 2.35. The van der Waals surface area contributed by atoms with Crippen LogP contribution in [0.4, 0.5) is 5.82 Å². The Hall–Kier alpha value is -1.87. The van der Waals surface area contributed by atoms with Gasteiger partial charge in [0.05, 0.1) is 6.67 Å². The number of pyridine rings is 1. The number of nitrogens with zero attached hydrogens (tertiary/aromatic N) is 2. The molecule has 3 heteroatoms. The van der Waals surface area contributed by atoms with Gasteiger partial charge in [0, 0.05) is 24.8 Å². The molecule has 3 rings (SSSR count). The highest BCUT2D eigenvalue weighted by Gasteiger charge is 2.16. The topological polar surface area (TPSA) is 28.2 Å². The lowest BCUT2D eigenvalue weighted by atomic mass is 10.1. The Bertz CT molecular complexity index is 551. The first-order chi connectivity index (χ1) is 8.83. The van der Waals surface area contributed by atoms with Crippen molar-refractivity contribution in [1.29, 1.82) is 0 Å². The first-order valence-corrected chi connectivity index (χ1v) is 6.27. The van der Waals surface area contributed by atoms with Crippen LogP contribution in [0.5, 0.6) is 0 Å². The normalized spacial score (nSPS) is 14.9. The van der Waals surface area contributed by atoms with E-state index in [1.54, 1.807) is 0 Å². The summed E-state index contributed by atoms with van der Waals surface area (Å²) in [6, 6.07) is 12.7. The van der Waals surface area contributed by atoms with Crippen LogP contribution in [0.3, 0.4) is 0 Å². The van der Waals surface area contributed by atoms with Crippen LogP contribution in [0.1, 0.15) is 16.7 Å². The van der Waals surface area contributed by atoms with Gasteiger partial charge in [0.15, 0.2) is 0 Å². The fourth-order valence-electron chi connectivity index (χ4n) is 2.35. The Morgan fingerprint density at radius 2 is 2.11 bits per heavy atom. The minimum absolute atomic E-state index is 0.859. The first-order valence-electron chi connectivity index (χ1n) is 6.27. The summed E-state index contributed by atoms with van der Waals surface area (Å²) in [4.78, 5) is 6.74. The Kier molecular flexibility index (Phi) is 2.99.